The van der Waals surface area contributed by atoms with Crippen LogP contribution in [0.1, 0.15) is 35.7 Å². The van der Waals surface area contributed by atoms with Crippen LogP contribution < -0.4 is 5.32 Å². The number of carbonyl (C=O) groups excluding carboxylic acids is 1. The van der Waals surface area contributed by atoms with Gasteiger partial charge in [0.25, 0.3) is 5.91 Å². The molecule has 0 unspecified atom stereocenters. The van der Waals surface area contributed by atoms with Crippen molar-refractivity contribution in [1.82, 2.24) is 5.32 Å². The Kier molecular flexibility index (Phi) is 3.15. The van der Waals surface area contributed by atoms with Crippen molar-refractivity contribution < 1.29 is 18.0 Å². The molecule has 0 fully saturated rings. The van der Waals surface area contributed by atoms with E-state index < -0.39 is 17.6 Å². The number of carbonyl (C=O) groups is 1. The zero-order valence-electron chi connectivity index (χ0n) is 9.77. The van der Waals surface area contributed by atoms with Crippen molar-refractivity contribution in [3.63, 3.8) is 0 Å². The molecule has 0 bridgehead atoms. The number of allylic oxidation sites excluding steroid dienone is 2. The number of nitrogens with one attached hydrogen (secondary N) is 1. The van der Waals surface area contributed by atoms with Gasteiger partial charge in [-0.15, -0.1) is 0 Å². The van der Waals surface area contributed by atoms with E-state index in [2.05, 4.69) is 5.32 Å². The first-order valence-electron chi connectivity index (χ1n) is 5.56. The lowest BCUT2D eigenvalue weighted by Crippen LogP contribution is -2.29. The third-order valence-corrected chi connectivity index (χ3v) is 3.01. The first-order chi connectivity index (χ1) is 8.39. The van der Waals surface area contributed by atoms with Crippen LogP contribution in [0.25, 0.3) is 0 Å². The van der Waals surface area contributed by atoms with Gasteiger partial charge in [0.15, 0.2) is 0 Å². The number of alkyl halides is 3. The molecule has 0 aliphatic heterocycles. The Morgan fingerprint density at radius 3 is 2.39 bits per heavy atom. The average molecular weight is 255 g/mol. The lowest BCUT2D eigenvalue weighted by atomic mass is 9.95. The lowest BCUT2D eigenvalue weighted by Gasteiger charge is -2.22. The van der Waals surface area contributed by atoms with Crippen molar-refractivity contribution in [3.05, 3.63) is 46.7 Å². The zero-order valence-corrected chi connectivity index (χ0v) is 9.77. The van der Waals surface area contributed by atoms with Crippen LogP contribution in [0.3, 0.4) is 0 Å². The van der Waals surface area contributed by atoms with Crippen molar-refractivity contribution in [3.8, 4) is 0 Å². The molecule has 1 amide bonds. The normalized spacial score (nSPS) is 15.3. The lowest BCUT2D eigenvalue weighted by molar-refractivity contribution is -0.137. The molecule has 0 atom stereocenters. The van der Waals surface area contributed by atoms with Crippen molar-refractivity contribution >= 4 is 5.91 Å². The highest BCUT2D eigenvalue weighted by Crippen LogP contribution is 2.32. The fourth-order valence-electron chi connectivity index (χ4n) is 1.80. The van der Waals surface area contributed by atoms with Gasteiger partial charge < -0.3 is 5.32 Å². The van der Waals surface area contributed by atoms with Gasteiger partial charge in [0.2, 0.25) is 0 Å². The number of halogens is 3. The highest BCUT2D eigenvalue weighted by Gasteiger charge is 2.35. The van der Waals surface area contributed by atoms with Gasteiger partial charge in [-0.1, -0.05) is 17.7 Å². The fraction of sp³-hybridized carbons (Fsp3) is 0.308. The summed E-state index contributed by atoms with van der Waals surface area (Å²) in [7, 11) is 0. The Morgan fingerprint density at radius 1 is 1.22 bits per heavy atom. The Balaban J connectivity index is 2.28. The second kappa shape index (κ2) is 4.48. The molecule has 1 aromatic carbocycles. The van der Waals surface area contributed by atoms with Crippen LogP contribution in [0.2, 0.25) is 0 Å². The van der Waals surface area contributed by atoms with Gasteiger partial charge in [-0.25, -0.2) is 0 Å². The molecule has 96 valence electrons. The number of hydrogen-bond acceptors (Lipinski definition) is 1. The van der Waals surface area contributed by atoms with Crippen molar-refractivity contribution in [2.45, 2.75) is 25.9 Å². The molecule has 0 heterocycles. The van der Waals surface area contributed by atoms with Crippen molar-refractivity contribution in [1.29, 1.82) is 0 Å². The van der Waals surface area contributed by atoms with E-state index in [0.717, 1.165) is 23.8 Å². The summed E-state index contributed by atoms with van der Waals surface area (Å²) in [6, 6.07) is 4.79. The predicted octanol–water partition coefficient (Wildman–Crippen LogP) is 3.50. The molecule has 18 heavy (non-hydrogen) atoms. The standard InChI is InChI=1S/C13H12F3NO/c1-8-6-7-11(8)17-12(18)9-4-2-3-5-10(9)13(14,15)16/h2-5H,6-7H2,1H3,(H,17,18). The summed E-state index contributed by atoms with van der Waals surface area (Å²) in [4.78, 5) is 11.8. The second-order valence-corrected chi connectivity index (χ2v) is 4.26. The Morgan fingerprint density at radius 2 is 1.89 bits per heavy atom. The quantitative estimate of drug-likeness (QED) is 0.860. The molecule has 0 saturated carbocycles. The molecule has 1 aromatic rings. The molecule has 0 saturated heterocycles. The van der Waals surface area contributed by atoms with Crippen LogP contribution >= 0.6 is 0 Å². The summed E-state index contributed by atoms with van der Waals surface area (Å²) in [6.45, 7) is 1.86. The molecule has 0 aromatic heterocycles. The maximum Gasteiger partial charge on any atom is 0.417 e. The van der Waals surface area contributed by atoms with Crippen LogP contribution in [0.5, 0.6) is 0 Å². The number of benzene rings is 1. The van der Waals surface area contributed by atoms with E-state index in [4.69, 9.17) is 0 Å². The molecule has 0 spiro atoms. The molecular formula is C13H12F3NO. The minimum absolute atomic E-state index is 0.336. The van der Waals surface area contributed by atoms with E-state index in [-0.39, 0.29) is 5.56 Å². The average Bonchev–Trinajstić information content (AvgIpc) is 2.32. The molecule has 1 aliphatic carbocycles. The highest BCUT2D eigenvalue weighted by molar-refractivity contribution is 5.97. The molecule has 1 aliphatic rings. The molecule has 1 N–H and O–H groups in total. The van der Waals surface area contributed by atoms with Gasteiger partial charge >= 0.3 is 6.18 Å². The summed E-state index contributed by atoms with van der Waals surface area (Å²) in [5, 5.41) is 2.54. The van der Waals surface area contributed by atoms with Crippen LogP contribution in [0.4, 0.5) is 13.2 Å². The van der Waals surface area contributed by atoms with Crippen LogP contribution in [0.15, 0.2) is 35.5 Å². The Bertz CT molecular complexity index is 517. The summed E-state index contributed by atoms with van der Waals surface area (Å²) in [6.07, 6.45) is -2.92. The first kappa shape index (κ1) is 12.7. The van der Waals surface area contributed by atoms with Crippen LogP contribution in [-0.2, 0) is 6.18 Å². The summed E-state index contributed by atoms with van der Waals surface area (Å²) in [5.41, 5.74) is 0.516. The van der Waals surface area contributed by atoms with Gasteiger partial charge in [0.05, 0.1) is 11.1 Å². The maximum atomic E-state index is 12.7. The largest absolute Gasteiger partial charge is 0.417 e. The molecule has 2 rings (SSSR count). The third-order valence-electron chi connectivity index (χ3n) is 3.01. The summed E-state index contributed by atoms with van der Waals surface area (Å²) < 4.78 is 38.2. The smallest absolute Gasteiger partial charge is 0.326 e. The van der Waals surface area contributed by atoms with Crippen molar-refractivity contribution in [2.75, 3.05) is 0 Å². The Hall–Kier alpha value is -1.78. The minimum atomic E-state index is -4.52. The zero-order chi connectivity index (χ0) is 13.3. The third kappa shape index (κ3) is 2.39. The molecule has 2 nitrogen and oxygen atoms in total. The van der Waals surface area contributed by atoms with E-state index in [1.807, 2.05) is 6.92 Å². The highest BCUT2D eigenvalue weighted by atomic mass is 19.4. The van der Waals surface area contributed by atoms with Gasteiger partial charge in [0, 0.05) is 5.70 Å². The van der Waals surface area contributed by atoms with Crippen LogP contribution in [0, 0.1) is 0 Å². The van der Waals surface area contributed by atoms with E-state index in [9.17, 15) is 18.0 Å². The van der Waals surface area contributed by atoms with E-state index >= 15 is 0 Å². The summed E-state index contributed by atoms with van der Waals surface area (Å²) >= 11 is 0. The molecule has 0 radical (unpaired) electrons. The number of hydrogen-bond donors (Lipinski definition) is 1. The van der Waals surface area contributed by atoms with Gasteiger partial charge in [0.1, 0.15) is 0 Å². The van der Waals surface area contributed by atoms with Crippen LogP contribution in [-0.4, -0.2) is 5.91 Å². The second-order valence-electron chi connectivity index (χ2n) is 4.26. The van der Waals surface area contributed by atoms with E-state index in [1.54, 1.807) is 0 Å². The fourth-order valence-corrected chi connectivity index (χ4v) is 1.80. The monoisotopic (exact) mass is 255 g/mol. The number of amides is 1. The summed E-state index contributed by atoms with van der Waals surface area (Å²) in [5.74, 6) is -0.697. The van der Waals surface area contributed by atoms with Gasteiger partial charge in [-0.05, 0) is 31.9 Å². The maximum absolute atomic E-state index is 12.7. The van der Waals surface area contributed by atoms with Crippen molar-refractivity contribution in [2.24, 2.45) is 0 Å². The molecular weight excluding hydrogens is 243 g/mol. The van der Waals surface area contributed by atoms with Gasteiger partial charge in [-0.2, -0.15) is 13.2 Å². The topological polar surface area (TPSA) is 29.1 Å². The van der Waals surface area contributed by atoms with Gasteiger partial charge in [-0.3, -0.25) is 4.79 Å². The first-order valence-corrected chi connectivity index (χ1v) is 5.56. The Labute approximate surface area is 102 Å². The SMILES string of the molecule is CC1=C(NC(=O)c2ccccc2C(F)(F)F)CC1. The predicted molar refractivity (Wildman–Crippen MR) is 60.8 cm³/mol. The number of rotatable bonds is 2. The van der Waals surface area contributed by atoms with E-state index in [0.29, 0.717) is 6.42 Å². The minimum Gasteiger partial charge on any atom is -0.326 e. The molecule has 5 heteroatoms. The van der Waals surface area contributed by atoms with E-state index in [1.165, 1.54) is 18.2 Å².